The molecule has 1 amide bonds. The van der Waals surface area contributed by atoms with Gasteiger partial charge in [0.05, 0.1) is 8.07 Å². The summed E-state index contributed by atoms with van der Waals surface area (Å²) in [4.78, 5) is 14.4. The van der Waals surface area contributed by atoms with E-state index >= 15 is 0 Å². The molecule has 126 valence electrons. The number of fused-ring (bicyclic) bond motifs is 1. The summed E-state index contributed by atoms with van der Waals surface area (Å²) < 4.78 is 5.99. The summed E-state index contributed by atoms with van der Waals surface area (Å²) in [6.07, 6.45) is 8.03. The van der Waals surface area contributed by atoms with E-state index in [1.54, 1.807) is 0 Å². The number of allylic oxidation sites excluding steroid dienone is 1. The Hall–Kier alpha value is -0.773. The Morgan fingerprint density at radius 2 is 2.09 bits per heavy atom. The first-order valence-electron chi connectivity index (χ1n) is 8.87. The van der Waals surface area contributed by atoms with Gasteiger partial charge in [0.15, 0.2) is 0 Å². The van der Waals surface area contributed by atoms with E-state index in [0.29, 0.717) is 6.04 Å². The van der Waals surface area contributed by atoms with E-state index in [4.69, 9.17) is 4.74 Å². The molecule has 0 saturated carbocycles. The number of amides is 1. The minimum absolute atomic E-state index is 0.00272. The number of carbonyl (C=O) groups is 1. The fourth-order valence-corrected chi connectivity index (χ4v) is 5.96. The van der Waals surface area contributed by atoms with E-state index in [2.05, 4.69) is 46.5 Å². The zero-order chi connectivity index (χ0) is 16.5. The van der Waals surface area contributed by atoms with Gasteiger partial charge in [-0.05, 0) is 24.5 Å². The van der Waals surface area contributed by atoms with Crippen molar-refractivity contribution in [2.75, 3.05) is 6.54 Å². The molecule has 0 spiro atoms. The summed E-state index contributed by atoms with van der Waals surface area (Å²) in [6, 6.07) is 0.338. The first kappa shape index (κ1) is 17.6. The number of rotatable bonds is 5. The summed E-state index contributed by atoms with van der Waals surface area (Å²) in [6.45, 7) is 14.8. The topological polar surface area (TPSA) is 29.5 Å². The number of carbonyl (C=O) groups excluding carboxylic acids is 1. The molecule has 0 bridgehead atoms. The molecule has 22 heavy (non-hydrogen) atoms. The van der Waals surface area contributed by atoms with Crippen LogP contribution in [0.25, 0.3) is 0 Å². The van der Waals surface area contributed by atoms with Gasteiger partial charge in [0, 0.05) is 18.0 Å². The van der Waals surface area contributed by atoms with E-state index in [1.807, 2.05) is 4.90 Å². The van der Waals surface area contributed by atoms with Gasteiger partial charge in [0.2, 0.25) is 0 Å². The van der Waals surface area contributed by atoms with Crippen molar-refractivity contribution in [3.8, 4) is 0 Å². The molecule has 0 N–H and O–H groups in total. The molecular weight excluding hydrogens is 290 g/mol. The van der Waals surface area contributed by atoms with Crippen LogP contribution in [-0.4, -0.2) is 37.8 Å². The average Bonchev–Trinajstić information content (AvgIpc) is 2.89. The van der Waals surface area contributed by atoms with Gasteiger partial charge < -0.3 is 9.64 Å². The first-order chi connectivity index (χ1) is 10.2. The van der Waals surface area contributed by atoms with Gasteiger partial charge in [-0.25, -0.2) is 4.79 Å². The molecule has 2 saturated heterocycles. The maximum atomic E-state index is 12.4. The van der Waals surface area contributed by atoms with E-state index in [9.17, 15) is 4.79 Å². The fourth-order valence-electron chi connectivity index (χ4n) is 3.99. The van der Waals surface area contributed by atoms with Crippen LogP contribution in [0.1, 0.15) is 52.9 Å². The number of nitrogens with zero attached hydrogens (tertiary/aromatic N) is 1. The van der Waals surface area contributed by atoms with Gasteiger partial charge in [-0.1, -0.05) is 59.3 Å². The summed E-state index contributed by atoms with van der Waals surface area (Å²) in [5.74, 6) is 0. The van der Waals surface area contributed by atoms with Crippen LogP contribution < -0.4 is 0 Å². The summed E-state index contributed by atoms with van der Waals surface area (Å²) in [7, 11) is -1.52. The van der Waals surface area contributed by atoms with Crippen LogP contribution in [0.2, 0.25) is 19.6 Å². The molecule has 2 atom stereocenters. The van der Waals surface area contributed by atoms with Crippen molar-refractivity contribution in [1.82, 2.24) is 4.90 Å². The number of cyclic esters (lactones) is 1. The lowest BCUT2D eigenvalue weighted by Crippen LogP contribution is -2.59. The molecule has 2 aliphatic rings. The average molecular weight is 324 g/mol. The van der Waals surface area contributed by atoms with Gasteiger partial charge in [-0.2, -0.15) is 0 Å². The van der Waals surface area contributed by atoms with Crippen molar-refractivity contribution in [3.05, 3.63) is 11.3 Å². The first-order valence-corrected chi connectivity index (χ1v) is 12.4. The van der Waals surface area contributed by atoms with Gasteiger partial charge in [0.1, 0.15) is 6.10 Å². The number of unbranched alkanes of at least 4 members (excludes halogenated alkanes) is 2. The Kier molecular flexibility index (Phi) is 5.10. The molecule has 0 aromatic heterocycles. The monoisotopic (exact) mass is 323 g/mol. The van der Waals surface area contributed by atoms with Crippen molar-refractivity contribution in [3.63, 3.8) is 0 Å². The van der Waals surface area contributed by atoms with Gasteiger partial charge in [0.25, 0.3) is 0 Å². The van der Waals surface area contributed by atoms with E-state index in [0.717, 1.165) is 25.8 Å². The standard InChI is InChI=1S/C18H33NO2Si/c1-7-8-9-11-14(22(4,5)6)16-18(2,3)15-12-10-13-19(15)17(20)21-16/h11,15-16H,7-10,12-13H2,1-6H3/b14-11-. The van der Waals surface area contributed by atoms with E-state index < -0.39 is 8.07 Å². The highest BCUT2D eigenvalue weighted by molar-refractivity contribution is 6.83. The SMILES string of the molecule is CCCC/C=C(/C1OC(=O)N2CCCC2C1(C)C)[Si](C)(C)C. The Morgan fingerprint density at radius 1 is 1.41 bits per heavy atom. The lowest BCUT2D eigenvalue weighted by molar-refractivity contribution is -0.0535. The minimum atomic E-state index is -1.52. The number of ether oxygens (including phenoxy) is 1. The normalized spacial score (nSPS) is 28.5. The van der Waals surface area contributed by atoms with Crippen molar-refractivity contribution >= 4 is 14.2 Å². The molecule has 2 rings (SSSR count). The molecule has 0 radical (unpaired) electrons. The lowest BCUT2D eigenvalue weighted by atomic mass is 9.76. The second-order valence-corrected chi connectivity index (χ2v) is 13.6. The van der Waals surface area contributed by atoms with Crippen LogP contribution in [0, 0.1) is 5.41 Å². The van der Waals surface area contributed by atoms with Crippen LogP contribution >= 0.6 is 0 Å². The Bertz CT molecular complexity index is 450. The smallest absolute Gasteiger partial charge is 0.410 e. The quantitative estimate of drug-likeness (QED) is 0.527. The van der Waals surface area contributed by atoms with Crippen LogP contribution in [0.3, 0.4) is 0 Å². The molecule has 2 heterocycles. The summed E-state index contributed by atoms with van der Waals surface area (Å²) in [5.41, 5.74) is 0.00272. The molecular formula is C18H33NO2Si. The van der Waals surface area contributed by atoms with E-state index in [-0.39, 0.29) is 17.6 Å². The second-order valence-electron chi connectivity index (χ2n) is 8.49. The molecule has 0 aromatic carbocycles. The summed E-state index contributed by atoms with van der Waals surface area (Å²) in [5, 5.41) is 1.44. The van der Waals surface area contributed by atoms with Crippen LogP contribution in [0.5, 0.6) is 0 Å². The Labute approximate surface area is 137 Å². The third kappa shape index (κ3) is 3.27. The largest absolute Gasteiger partial charge is 0.441 e. The molecule has 4 heteroatoms. The molecule has 0 aliphatic carbocycles. The highest BCUT2D eigenvalue weighted by Crippen LogP contribution is 2.45. The second kappa shape index (κ2) is 6.38. The number of hydrogen-bond acceptors (Lipinski definition) is 2. The third-order valence-corrected chi connectivity index (χ3v) is 7.51. The van der Waals surface area contributed by atoms with E-state index in [1.165, 1.54) is 18.0 Å². The summed E-state index contributed by atoms with van der Waals surface area (Å²) >= 11 is 0. The van der Waals surface area contributed by atoms with Crippen molar-refractivity contribution in [1.29, 1.82) is 0 Å². The Morgan fingerprint density at radius 3 is 2.68 bits per heavy atom. The lowest BCUT2D eigenvalue weighted by Gasteiger charge is -2.49. The zero-order valence-corrected chi connectivity index (χ0v) is 16.2. The molecule has 3 nitrogen and oxygen atoms in total. The third-order valence-electron chi connectivity index (χ3n) is 5.31. The molecule has 2 aliphatic heterocycles. The number of hydrogen-bond donors (Lipinski definition) is 0. The zero-order valence-electron chi connectivity index (χ0n) is 15.2. The van der Waals surface area contributed by atoms with Gasteiger partial charge in [-0.15, -0.1) is 0 Å². The highest BCUT2D eigenvalue weighted by Gasteiger charge is 2.53. The van der Waals surface area contributed by atoms with Crippen molar-refractivity contribution in [2.24, 2.45) is 5.41 Å². The highest BCUT2D eigenvalue weighted by atomic mass is 28.3. The minimum Gasteiger partial charge on any atom is -0.441 e. The van der Waals surface area contributed by atoms with Crippen LogP contribution in [0.15, 0.2) is 11.3 Å². The predicted octanol–water partition coefficient (Wildman–Crippen LogP) is 4.99. The van der Waals surface area contributed by atoms with Crippen LogP contribution in [-0.2, 0) is 4.74 Å². The van der Waals surface area contributed by atoms with Crippen molar-refractivity contribution in [2.45, 2.75) is 84.7 Å². The van der Waals surface area contributed by atoms with Crippen molar-refractivity contribution < 1.29 is 9.53 Å². The molecule has 2 fully saturated rings. The Balaban J connectivity index is 2.33. The molecule has 0 aromatic rings. The van der Waals surface area contributed by atoms with Crippen LogP contribution in [0.4, 0.5) is 4.79 Å². The van der Waals surface area contributed by atoms with Gasteiger partial charge in [-0.3, -0.25) is 0 Å². The maximum Gasteiger partial charge on any atom is 0.410 e. The van der Waals surface area contributed by atoms with Gasteiger partial charge >= 0.3 is 6.09 Å². The predicted molar refractivity (Wildman–Crippen MR) is 94.7 cm³/mol. The molecule has 2 unspecified atom stereocenters. The fraction of sp³-hybridized carbons (Fsp3) is 0.833. The maximum absolute atomic E-state index is 12.4.